The lowest BCUT2D eigenvalue weighted by molar-refractivity contribution is -0.124. The molecule has 6 nitrogen and oxygen atoms in total. The van der Waals surface area contributed by atoms with E-state index in [0.29, 0.717) is 11.5 Å². The maximum absolute atomic E-state index is 12.4. The van der Waals surface area contributed by atoms with Crippen molar-refractivity contribution in [1.29, 1.82) is 0 Å². The summed E-state index contributed by atoms with van der Waals surface area (Å²) < 4.78 is 26.9. The summed E-state index contributed by atoms with van der Waals surface area (Å²) in [5, 5.41) is 0. The van der Waals surface area contributed by atoms with Crippen LogP contribution >= 0.6 is 0 Å². The fourth-order valence-corrected chi connectivity index (χ4v) is 4.44. The second-order valence-corrected chi connectivity index (χ2v) is 8.64. The number of fused-ring (bicyclic) bond motifs is 1. The van der Waals surface area contributed by atoms with Crippen LogP contribution < -0.4 is 4.72 Å². The molecular formula is C17H22N2O4S. The van der Waals surface area contributed by atoms with E-state index in [0.717, 1.165) is 25.2 Å². The zero-order chi connectivity index (χ0) is 17.5. The number of nitrogens with zero attached hydrogens (tertiary/aromatic N) is 1. The average molecular weight is 350 g/mol. The Balaban J connectivity index is 1.68. The quantitative estimate of drug-likeness (QED) is 0.894. The van der Waals surface area contributed by atoms with Gasteiger partial charge in [0.1, 0.15) is 0 Å². The molecule has 0 aliphatic heterocycles. The van der Waals surface area contributed by atoms with Gasteiger partial charge in [-0.1, -0.05) is 0 Å². The van der Waals surface area contributed by atoms with Crippen LogP contribution in [0.5, 0.6) is 0 Å². The number of sulfonamides is 1. The summed E-state index contributed by atoms with van der Waals surface area (Å²) in [6.45, 7) is 0. The maximum Gasteiger partial charge on any atom is 0.264 e. The number of rotatable bonds is 4. The molecule has 1 aromatic rings. The molecule has 0 radical (unpaired) electrons. The van der Waals surface area contributed by atoms with E-state index >= 15 is 0 Å². The molecule has 2 aliphatic carbocycles. The second kappa shape index (κ2) is 6.20. The lowest BCUT2D eigenvalue weighted by Crippen LogP contribution is -2.36. The van der Waals surface area contributed by atoms with Crippen molar-refractivity contribution in [3.05, 3.63) is 29.8 Å². The predicted octanol–water partition coefficient (Wildman–Crippen LogP) is 1.63. The SMILES string of the molecule is CN(C)C(=O)c1ccc(S(=O)(=O)NC(=O)C2CCC3CC3C2)cc1. The molecule has 130 valence electrons. The largest absolute Gasteiger partial charge is 0.345 e. The first-order valence-corrected chi connectivity index (χ1v) is 9.64. The van der Waals surface area contributed by atoms with Crippen molar-refractivity contribution >= 4 is 21.8 Å². The monoisotopic (exact) mass is 350 g/mol. The van der Waals surface area contributed by atoms with E-state index in [1.807, 2.05) is 0 Å². The number of carbonyl (C=O) groups is 2. The molecule has 3 atom stereocenters. The van der Waals surface area contributed by atoms with Gasteiger partial charge >= 0.3 is 0 Å². The van der Waals surface area contributed by atoms with Gasteiger partial charge in [0.25, 0.3) is 15.9 Å². The Kier molecular flexibility index (Phi) is 4.38. The smallest absolute Gasteiger partial charge is 0.264 e. The van der Waals surface area contributed by atoms with Crippen LogP contribution in [0.3, 0.4) is 0 Å². The highest BCUT2D eigenvalue weighted by molar-refractivity contribution is 7.90. The Hall–Kier alpha value is -1.89. The minimum Gasteiger partial charge on any atom is -0.345 e. The predicted molar refractivity (Wildman–Crippen MR) is 88.7 cm³/mol. The minimum atomic E-state index is -3.90. The molecule has 24 heavy (non-hydrogen) atoms. The van der Waals surface area contributed by atoms with E-state index in [9.17, 15) is 18.0 Å². The molecule has 2 aliphatic rings. The highest BCUT2D eigenvalue weighted by atomic mass is 32.2. The molecule has 1 aromatic carbocycles. The molecule has 0 saturated heterocycles. The van der Waals surface area contributed by atoms with Crippen molar-refractivity contribution < 1.29 is 18.0 Å². The van der Waals surface area contributed by atoms with E-state index in [1.165, 1.54) is 35.6 Å². The number of benzene rings is 1. The van der Waals surface area contributed by atoms with E-state index in [2.05, 4.69) is 4.72 Å². The van der Waals surface area contributed by atoms with Gasteiger partial charge in [-0.2, -0.15) is 0 Å². The van der Waals surface area contributed by atoms with Gasteiger partial charge in [-0.25, -0.2) is 13.1 Å². The van der Waals surface area contributed by atoms with Crippen LogP contribution in [-0.2, 0) is 14.8 Å². The van der Waals surface area contributed by atoms with Crippen molar-refractivity contribution in [3.63, 3.8) is 0 Å². The molecule has 0 spiro atoms. The normalized spacial score (nSPS) is 25.5. The van der Waals surface area contributed by atoms with E-state index in [4.69, 9.17) is 0 Å². The molecule has 7 heteroatoms. The van der Waals surface area contributed by atoms with Crippen molar-refractivity contribution in [3.8, 4) is 0 Å². The van der Waals surface area contributed by atoms with Crippen molar-refractivity contribution in [1.82, 2.24) is 9.62 Å². The first-order chi connectivity index (χ1) is 11.3. The van der Waals surface area contributed by atoms with Crippen LogP contribution in [0.4, 0.5) is 0 Å². The van der Waals surface area contributed by atoms with Gasteiger partial charge in [0.05, 0.1) is 4.90 Å². The highest BCUT2D eigenvalue weighted by Crippen LogP contribution is 2.51. The molecular weight excluding hydrogens is 328 g/mol. The zero-order valence-electron chi connectivity index (χ0n) is 13.9. The molecule has 3 unspecified atom stereocenters. The Morgan fingerprint density at radius 2 is 1.71 bits per heavy atom. The topological polar surface area (TPSA) is 83.6 Å². The summed E-state index contributed by atoms with van der Waals surface area (Å²) in [6.07, 6.45) is 3.75. The minimum absolute atomic E-state index is 0.00809. The fraction of sp³-hybridized carbons (Fsp3) is 0.529. The molecule has 0 heterocycles. The van der Waals surface area contributed by atoms with Gasteiger partial charge in [-0.05, 0) is 61.8 Å². The summed E-state index contributed by atoms with van der Waals surface area (Å²) in [7, 11) is -0.646. The van der Waals surface area contributed by atoms with Crippen molar-refractivity contribution in [2.24, 2.45) is 17.8 Å². The average Bonchev–Trinajstić information content (AvgIpc) is 3.32. The van der Waals surface area contributed by atoms with Crippen LogP contribution in [-0.4, -0.2) is 39.2 Å². The van der Waals surface area contributed by atoms with Crippen LogP contribution in [0, 0.1) is 17.8 Å². The van der Waals surface area contributed by atoms with Crippen LogP contribution in [0.2, 0.25) is 0 Å². The highest BCUT2D eigenvalue weighted by Gasteiger charge is 2.44. The third kappa shape index (κ3) is 3.45. The van der Waals surface area contributed by atoms with Gasteiger partial charge in [0.2, 0.25) is 5.91 Å². The third-order valence-electron chi connectivity index (χ3n) is 4.97. The molecule has 0 bridgehead atoms. The molecule has 2 saturated carbocycles. The standard InChI is InChI=1S/C17H22N2O4S/c1-19(2)17(21)11-5-7-15(8-6-11)24(22,23)18-16(20)13-4-3-12-9-14(12)10-13/h5-8,12-14H,3-4,9-10H2,1-2H3,(H,18,20). The summed E-state index contributed by atoms with van der Waals surface area (Å²) >= 11 is 0. The first-order valence-electron chi connectivity index (χ1n) is 8.16. The number of hydrogen-bond donors (Lipinski definition) is 1. The van der Waals surface area contributed by atoms with E-state index < -0.39 is 15.9 Å². The molecule has 2 amide bonds. The van der Waals surface area contributed by atoms with Crippen LogP contribution in [0.1, 0.15) is 36.0 Å². The van der Waals surface area contributed by atoms with Crippen LogP contribution in [0.25, 0.3) is 0 Å². The lowest BCUT2D eigenvalue weighted by atomic mass is 9.89. The molecule has 2 fully saturated rings. The summed E-state index contributed by atoms with van der Waals surface area (Å²) in [6, 6.07) is 5.61. The number of carbonyl (C=O) groups excluding carboxylic acids is 2. The Morgan fingerprint density at radius 1 is 1.04 bits per heavy atom. The lowest BCUT2D eigenvalue weighted by Gasteiger charge is -2.20. The molecule has 0 aromatic heterocycles. The number of nitrogens with one attached hydrogen (secondary N) is 1. The van der Waals surface area contributed by atoms with Gasteiger partial charge in [-0.15, -0.1) is 0 Å². The molecule has 3 rings (SSSR count). The first kappa shape index (κ1) is 17.0. The number of hydrogen-bond acceptors (Lipinski definition) is 4. The van der Waals surface area contributed by atoms with Crippen molar-refractivity contribution in [2.75, 3.05) is 14.1 Å². The van der Waals surface area contributed by atoms with Gasteiger partial charge in [-0.3, -0.25) is 9.59 Å². The van der Waals surface area contributed by atoms with E-state index in [1.54, 1.807) is 14.1 Å². The summed E-state index contributed by atoms with van der Waals surface area (Å²) in [4.78, 5) is 25.5. The van der Waals surface area contributed by atoms with E-state index in [-0.39, 0.29) is 16.7 Å². The fourth-order valence-electron chi connectivity index (χ4n) is 3.40. The van der Waals surface area contributed by atoms with Crippen LogP contribution in [0.15, 0.2) is 29.2 Å². The summed E-state index contributed by atoms with van der Waals surface area (Å²) in [5.41, 5.74) is 0.400. The van der Waals surface area contributed by atoms with Gasteiger partial charge in [0, 0.05) is 25.6 Å². The van der Waals surface area contributed by atoms with Crippen molar-refractivity contribution in [2.45, 2.75) is 30.6 Å². The Labute approximate surface area is 142 Å². The molecule has 1 N–H and O–H groups in total. The number of amides is 2. The third-order valence-corrected chi connectivity index (χ3v) is 6.33. The zero-order valence-corrected chi connectivity index (χ0v) is 14.7. The Bertz CT molecular complexity index is 755. The second-order valence-electron chi connectivity index (χ2n) is 6.96. The van der Waals surface area contributed by atoms with Gasteiger partial charge < -0.3 is 4.90 Å². The summed E-state index contributed by atoms with van der Waals surface area (Å²) in [5.74, 6) is 0.539. The van der Waals surface area contributed by atoms with Gasteiger partial charge in [0.15, 0.2) is 0 Å². The maximum atomic E-state index is 12.4. The Morgan fingerprint density at radius 3 is 2.29 bits per heavy atom.